The predicted octanol–water partition coefficient (Wildman–Crippen LogP) is 3.26. The fourth-order valence-corrected chi connectivity index (χ4v) is 2.86. The summed E-state index contributed by atoms with van der Waals surface area (Å²) in [6, 6.07) is 9.09. The smallest absolute Gasteiger partial charge is 0.118 e. The number of aryl methyl sites for hydroxylation is 1. The van der Waals surface area contributed by atoms with Gasteiger partial charge in [0.15, 0.2) is 0 Å². The first-order chi connectivity index (χ1) is 8.56. The molecule has 0 amide bonds. The SMILES string of the molecule is CNC(CCc1ccc(OC)cc1)C1CC1(C)C. The monoisotopic (exact) mass is 247 g/mol. The van der Waals surface area contributed by atoms with Crippen molar-refractivity contribution in [2.45, 2.75) is 39.2 Å². The fraction of sp³-hybridized carbons (Fsp3) is 0.625. The Bertz CT molecular complexity index is 383. The quantitative estimate of drug-likeness (QED) is 0.833. The lowest BCUT2D eigenvalue weighted by Gasteiger charge is -2.18. The van der Waals surface area contributed by atoms with E-state index in [4.69, 9.17) is 4.74 Å². The second kappa shape index (κ2) is 5.31. The summed E-state index contributed by atoms with van der Waals surface area (Å²) >= 11 is 0. The predicted molar refractivity (Wildman–Crippen MR) is 76.1 cm³/mol. The zero-order valence-electron chi connectivity index (χ0n) is 12.0. The Morgan fingerprint density at radius 1 is 1.33 bits per heavy atom. The molecule has 0 spiro atoms. The molecule has 0 radical (unpaired) electrons. The van der Waals surface area contributed by atoms with Crippen molar-refractivity contribution in [3.05, 3.63) is 29.8 Å². The molecule has 2 nitrogen and oxygen atoms in total. The number of hydrogen-bond donors (Lipinski definition) is 1. The topological polar surface area (TPSA) is 21.3 Å². The van der Waals surface area contributed by atoms with E-state index in [1.807, 2.05) is 12.1 Å². The number of hydrogen-bond acceptors (Lipinski definition) is 2. The number of methoxy groups -OCH3 is 1. The van der Waals surface area contributed by atoms with Crippen molar-refractivity contribution < 1.29 is 4.74 Å². The third kappa shape index (κ3) is 3.05. The fourth-order valence-electron chi connectivity index (χ4n) is 2.86. The Hall–Kier alpha value is -1.02. The molecule has 1 aromatic carbocycles. The highest BCUT2D eigenvalue weighted by Crippen LogP contribution is 2.54. The van der Waals surface area contributed by atoms with Crippen LogP contribution in [0.15, 0.2) is 24.3 Å². The van der Waals surface area contributed by atoms with Crippen LogP contribution >= 0.6 is 0 Å². The maximum absolute atomic E-state index is 5.18. The van der Waals surface area contributed by atoms with Gasteiger partial charge >= 0.3 is 0 Å². The maximum atomic E-state index is 5.18. The molecule has 2 atom stereocenters. The number of ether oxygens (including phenoxy) is 1. The van der Waals surface area contributed by atoms with E-state index in [-0.39, 0.29) is 0 Å². The molecule has 1 saturated carbocycles. The van der Waals surface area contributed by atoms with Gasteiger partial charge in [0.25, 0.3) is 0 Å². The summed E-state index contributed by atoms with van der Waals surface area (Å²) < 4.78 is 5.18. The Morgan fingerprint density at radius 2 is 1.94 bits per heavy atom. The first-order valence-electron chi connectivity index (χ1n) is 6.87. The second-order valence-electron chi connectivity index (χ2n) is 6.08. The van der Waals surface area contributed by atoms with Gasteiger partial charge in [0.05, 0.1) is 7.11 Å². The second-order valence-corrected chi connectivity index (χ2v) is 6.08. The van der Waals surface area contributed by atoms with Crippen LogP contribution in [0.25, 0.3) is 0 Å². The van der Waals surface area contributed by atoms with E-state index in [0.29, 0.717) is 11.5 Å². The molecular weight excluding hydrogens is 222 g/mol. The number of rotatable bonds is 6. The molecule has 0 aliphatic heterocycles. The summed E-state index contributed by atoms with van der Waals surface area (Å²) in [7, 11) is 3.80. The van der Waals surface area contributed by atoms with Crippen LogP contribution in [-0.4, -0.2) is 20.2 Å². The minimum atomic E-state index is 0.549. The zero-order valence-corrected chi connectivity index (χ0v) is 12.0. The van der Waals surface area contributed by atoms with Crippen LogP contribution in [0.3, 0.4) is 0 Å². The molecule has 1 aliphatic carbocycles. The van der Waals surface area contributed by atoms with Gasteiger partial charge in [0.2, 0.25) is 0 Å². The molecule has 100 valence electrons. The van der Waals surface area contributed by atoms with E-state index in [1.165, 1.54) is 18.4 Å². The van der Waals surface area contributed by atoms with Crippen molar-refractivity contribution in [1.82, 2.24) is 5.32 Å². The highest BCUT2D eigenvalue weighted by molar-refractivity contribution is 5.27. The van der Waals surface area contributed by atoms with Crippen molar-refractivity contribution >= 4 is 0 Å². The van der Waals surface area contributed by atoms with Crippen molar-refractivity contribution in [3.63, 3.8) is 0 Å². The zero-order chi connectivity index (χ0) is 13.2. The van der Waals surface area contributed by atoms with Gasteiger partial charge in [-0.2, -0.15) is 0 Å². The van der Waals surface area contributed by atoms with E-state index in [9.17, 15) is 0 Å². The van der Waals surface area contributed by atoms with E-state index in [2.05, 4.69) is 38.3 Å². The van der Waals surface area contributed by atoms with Gasteiger partial charge in [-0.1, -0.05) is 26.0 Å². The molecular formula is C16H25NO. The third-order valence-electron chi connectivity index (χ3n) is 4.35. The lowest BCUT2D eigenvalue weighted by Crippen LogP contribution is -2.29. The Morgan fingerprint density at radius 3 is 2.39 bits per heavy atom. The average Bonchev–Trinajstić information content (AvgIpc) is 3.00. The molecule has 0 saturated heterocycles. The Kier molecular flexibility index (Phi) is 3.96. The Labute approximate surface area is 111 Å². The van der Waals surface area contributed by atoms with Crippen LogP contribution in [0, 0.1) is 11.3 Å². The van der Waals surface area contributed by atoms with Crippen LogP contribution in [0.1, 0.15) is 32.3 Å². The first kappa shape index (κ1) is 13.4. The number of nitrogens with one attached hydrogen (secondary N) is 1. The third-order valence-corrected chi connectivity index (χ3v) is 4.35. The molecule has 0 heterocycles. The van der Waals surface area contributed by atoms with Crippen LogP contribution in [-0.2, 0) is 6.42 Å². The standard InChI is InChI=1S/C16H25NO/c1-16(2)11-14(16)15(17-3)10-7-12-5-8-13(18-4)9-6-12/h5-6,8-9,14-15,17H,7,10-11H2,1-4H3. The van der Waals surface area contributed by atoms with Crippen molar-refractivity contribution in [2.24, 2.45) is 11.3 Å². The Balaban J connectivity index is 1.86. The molecule has 1 N–H and O–H groups in total. The molecule has 1 aromatic rings. The van der Waals surface area contributed by atoms with Gasteiger partial charge in [-0.3, -0.25) is 0 Å². The minimum Gasteiger partial charge on any atom is -0.497 e. The summed E-state index contributed by atoms with van der Waals surface area (Å²) in [6.45, 7) is 4.74. The summed E-state index contributed by atoms with van der Waals surface area (Å²) in [5.41, 5.74) is 1.95. The highest BCUT2D eigenvalue weighted by Gasteiger charge is 2.49. The van der Waals surface area contributed by atoms with Gasteiger partial charge in [-0.25, -0.2) is 0 Å². The lowest BCUT2D eigenvalue weighted by molar-refractivity contribution is 0.406. The molecule has 2 rings (SSSR count). The molecule has 2 unspecified atom stereocenters. The van der Waals surface area contributed by atoms with Gasteiger partial charge in [0, 0.05) is 6.04 Å². The molecule has 0 aromatic heterocycles. The van der Waals surface area contributed by atoms with E-state index in [0.717, 1.165) is 18.1 Å². The maximum Gasteiger partial charge on any atom is 0.118 e. The summed E-state index contributed by atoms with van der Waals surface area (Å²) in [5.74, 6) is 1.79. The largest absolute Gasteiger partial charge is 0.497 e. The van der Waals surface area contributed by atoms with Gasteiger partial charge in [0.1, 0.15) is 5.75 Å². The highest BCUT2D eigenvalue weighted by atomic mass is 16.5. The first-order valence-corrected chi connectivity index (χ1v) is 6.87. The van der Waals surface area contributed by atoms with E-state index in [1.54, 1.807) is 7.11 Å². The van der Waals surface area contributed by atoms with E-state index < -0.39 is 0 Å². The normalized spacial score (nSPS) is 22.6. The van der Waals surface area contributed by atoms with Crippen molar-refractivity contribution in [2.75, 3.05) is 14.2 Å². The summed E-state index contributed by atoms with van der Waals surface area (Å²) in [4.78, 5) is 0. The number of benzene rings is 1. The van der Waals surface area contributed by atoms with Gasteiger partial charge in [-0.05, 0) is 55.3 Å². The van der Waals surface area contributed by atoms with Gasteiger partial charge in [-0.15, -0.1) is 0 Å². The van der Waals surface area contributed by atoms with Crippen LogP contribution < -0.4 is 10.1 Å². The average molecular weight is 247 g/mol. The summed E-state index contributed by atoms with van der Waals surface area (Å²) in [5, 5.41) is 3.49. The lowest BCUT2D eigenvalue weighted by atomic mass is 9.97. The van der Waals surface area contributed by atoms with Crippen molar-refractivity contribution in [1.29, 1.82) is 0 Å². The van der Waals surface area contributed by atoms with Crippen molar-refractivity contribution in [3.8, 4) is 5.75 Å². The molecule has 1 fully saturated rings. The molecule has 1 aliphatic rings. The van der Waals surface area contributed by atoms with Crippen LogP contribution in [0.5, 0.6) is 5.75 Å². The minimum absolute atomic E-state index is 0.549. The van der Waals surface area contributed by atoms with E-state index >= 15 is 0 Å². The van der Waals surface area contributed by atoms with Crippen LogP contribution in [0.2, 0.25) is 0 Å². The molecule has 18 heavy (non-hydrogen) atoms. The molecule has 2 heteroatoms. The van der Waals surface area contributed by atoms with Crippen LogP contribution in [0.4, 0.5) is 0 Å². The summed E-state index contributed by atoms with van der Waals surface area (Å²) in [6.07, 6.45) is 3.72. The molecule has 0 bridgehead atoms. The van der Waals surface area contributed by atoms with Gasteiger partial charge < -0.3 is 10.1 Å².